The van der Waals surface area contributed by atoms with Crippen LogP contribution in [0.1, 0.15) is 28.8 Å². The van der Waals surface area contributed by atoms with Crippen LogP contribution in [0, 0.1) is 0 Å². The lowest BCUT2D eigenvalue weighted by Gasteiger charge is -2.29. The lowest BCUT2D eigenvalue weighted by atomic mass is 10.1. The molecule has 2 saturated heterocycles. The van der Waals surface area contributed by atoms with E-state index < -0.39 is 0 Å². The Balaban J connectivity index is 1.21. The number of Topliss-reactive ketones (excluding diaryl/α,β-unsaturated/α-hetero) is 1. The first-order valence-corrected chi connectivity index (χ1v) is 12.2. The fourth-order valence-electron chi connectivity index (χ4n) is 5.51. The van der Waals surface area contributed by atoms with Crippen molar-refractivity contribution in [3.63, 3.8) is 0 Å². The Morgan fingerprint density at radius 3 is 2.92 bits per heavy atom. The van der Waals surface area contributed by atoms with Crippen LogP contribution in [-0.4, -0.2) is 53.1 Å². The fraction of sp³-hybridized carbons (Fsp3) is 0.296. The molecule has 9 nitrogen and oxygen atoms in total. The van der Waals surface area contributed by atoms with Gasteiger partial charge in [0.05, 0.1) is 42.5 Å². The van der Waals surface area contributed by atoms with Crippen LogP contribution in [0.4, 0.5) is 17.3 Å². The summed E-state index contributed by atoms with van der Waals surface area (Å²) in [7, 11) is 1.65. The van der Waals surface area contributed by atoms with Crippen molar-refractivity contribution >= 4 is 34.1 Å². The Morgan fingerprint density at radius 2 is 2.08 bits per heavy atom. The largest absolute Gasteiger partial charge is 0.494 e. The Labute approximate surface area is 207 Å². The van der Waals surface area contributed by atoms with Gasteiger partial charge in [0.15, 0.2) is 5.78 Å². The number of anilines is 3. The van der Waals surface area contributed by atoms with Gasteiger partial charge in [-0.25, -0.2) is 0 Å². The number of methoxy groups -OCH3 is 1. The van der Waals surface area contributed by atoms with Gasteiger partial charge in [-0.05, 0) is 42.7 Å². The van der Waals surface area contributed by atoms with E-state index in [0.29, 0.717) is 53.1 Å². The molecule has 0 radical (unpaired) electrons. The van der Waals surface area contributed by atoms with E-state index in [1.807, 2.05) is 36.4 Å². The monoisotopic (exact) mass is 483 g/mol. The van der Waals surface area contributed by atoms with Crippen molar-refractivity contribution in [2.75, 3.05) is 30.5 Å². The maximum atomic E-state index is 12.5. The van der Waals surface area contributed by atoms with Gasteiger partial charge in [-0.1, -0.05) is 12.1 Å². The molecule has 182 valence electrons. The first-order valence-electron chi connectivity index (χ1n) is 12.2. The van der Waals surface area contributed by atoms with Gasteiger partial charge < -0.3 is 29.4 Å². The maximum Gasteiger partial charge on any atom is 0.233 e. The number of nitrogens with one attached hydrogen (secondary N) is 2. The number of carbonyl (C=O) groups excluding carboxylic acids is 1. The zero-order valence-corrected chi connectivity index (χ0v) is 19.8. The number of H-pyrrole nitrogens is 1. The second-order valence-corrected chi connectivity index (χ2v) is 9.41. The molecule has 2 N–H and O–H groups in total. The van der Waals surface area contributed by atoms with E-state index in [9.17, 15) is 4.79 Å². The highest BCUT2D eigenvalue weighted by Gasteiger charge is 2.39. The molecule has 0 amide bonds. The van der Waals surface area contributed by atoms with Gasteiger partial charge in [0, 0.05) is 30.9 Å². The van der Waals surface area contributed by atoms with Crippen molar-refractivity contribution in [3.05, 3.63) is 59.8 Å². The first kappa shape index (κ1) is 21.2. The molecule has 0 unspecified atom stereocenters. The third kappa shape index (κ3) is 3.46. The minimum atomic E-state index is 0.0981. The summed E-state index contributed by atoms with van der Waals surface area (Å²) in [6.45, 7) is 1.68. The standard InChI is InChI=1S/C27H25N5O4/c1-34-23-12-16(32-13-18-11-17(32)14-35-18)6-7-20(23)29-27-30-25-19(9-10-28-25)26(31-27)36-22-4-2-3-15-5-8-21(33)24(15)22/h2-4,6-7,9-10,12,17-18H,5,8,11,13-14H2,1H3,(H2,28,29,30,31)/t17-,18-/m0/s1. The zero-order chi connectivity index (χ0) is 24.2. The van der Waals surface area contributed by atoms with Crippen LogP contribution < -0.4 is 19.7 Å². The molecule has 4 aromatic rings. The number of aryl methyl sites for hydroxylation is 1. The van der Waals surface area contributed by atoms with Crippen molar-refractivity contribution in [1.29, 1.82) is 0 Å². The van der Waals surface area contributed by atoms with Crippen LogP contribution in [0.25, 0.3) is 11.0 Å². The number of ketones is 1. The van der Waals surface area contributed by atoms with E-state index in [1.54, 1.807) is 13.3 Å². The van der Waals surface area contributed by atoms with E-state index in [0.717, 1.165) is 48.3 Å². The smallest absolute Gasteiger partial charge is 0.233 e. The molecule has 7 rings (SSSR count). The summed E-state index contributed by atoms with van der Waals surface area (Å²) < 4.78 is 17.7. The lowest BCUT2D eigenvalue weighted by Crippen LogP contribution is -2.36. The molecule has 2 fully saturated rings. The number of benzene rings is 2. The van der Waals surface area contributed by atoms with Crippen LogP contribution in [0.3, 0.4) is 0 Å². The molecule has 9 heteroatoms. The van der Waals surface area contributed by atoms with Crippen LogP contribution in [0.5, 0.6) is 17.4 Å². The van der Waals surface area contributed by atoms with E-state index in [1.165, 1.54) is 0 Å². The van der Waals surface area contributed by atoms with Gasteiger partial charge in [-0.3, -0.25) is 4.79 Å². The number of hydrogen-bond donors (Lipinski definition) is 2. The molecule has 2 aliphatic heterocycles. The normalized spacial score (nSPS) is 20.2. The number of carbonyl (C=O) groups is 1. The molecule has 3 aliphatic rings. The summed E-state index contributed by atoms with van der Waals surface area (Å²) in [5, 5.41) is 4.02. The van der Waals surface area contributed by atoms with Crippen LogP contribution in [0.15, 0.2) is 48.7 Å². The van der Waals surface area contributed by atoms with Crippen LogP contribution >= 0.6 is 0 Å². The summed E-state index contributed by atoms with van der Waals surface area (Å²) in [5.41, 5.74) is 4.14. The molecule has 36 heavy (non-hydrogen) atoms. The van der Waals surface area contributed by atoms with Crippen molar-refractivity contribution in [2.24, 2.45) is 0 Å². The molecular weight excluding hydrogens is 458 g/mol. The third-order valence-electron chi connectivity index (χ3n) is 7.26. The lowest BCUT2D eigenvalue weighted by molar-refractivity contribution is 0.0988. The fourth-order valence-corrected chi connectivity index (χ4v) is 5.51. The molecule has 1 aliphatic carbocycles. The summed E-state index contributed by atoms with van der Waals surface area (Å²) >= 11 is 0. The van der Waals surface area contributed by atoms with Gasteiger partial charge in [-0.2, -0.15) is 9.97 Å². The van der Waals surface area contributed by atoms with Crippen LogP contribution in [-0.2, 0) is 11.2 Å². The number of ether oxygens (including phenoxy) is 3. The Bertz CT molecular complexity index is 1500. The van der Waals surface area contributed by atoms with Gasteiger partial charge in [0.1, 0.15) is 17.1 Å². The predicted molar refractivity (Wildman–Crippen MR) is 135 cm³/mol. The summed E-state index contributed by atoms with van der Waals surface area (Å²) in [6, 6.07) is 14.1. The predicted octanol–water partition coefficient (Wildman–Crippen LogP) is 4.61. The van der Waals surface area contributed by atoms with Gasteiger partial charge >= 0.3 is 0 Å². The highest BCUT2D eigenvalue weighted by molar-refractivity contribution is 6.03. The maximum absolute atomic E-state index is 12.5. The highest BCUT2D eigenvalue weighted by atomic mass is 16.5. The van der Waals surface area contributed by atoms with Gasteiger partial charge in [0.25, 0.3) is 0 Å². The Hall–Kier alpha value is -4.11. The minimum Gasteiger partial charge on any atom is -0.494 e. The zero-order valence-electron chi connectivity index (χ0n) is 19.8. The SMILES string of the molecule is COc1cc(N2C[C@@H]3C[C@H]2CO3)ccc1Nc1nc(Oc2cccc3c2C(=O)CC3)c2cc[nH]c2n1. The van der Waals surface area contributed by atoms with Gasteiger partial charge in [-0.15, -0.1) is 0 Å². The van der Waals surface area contributed by atoms with Crippen LogP contribution in [0.2, 0.25) is 0 Å². The second kappa shape index (κ2) is 8.23. The quantitative estimate of drug-likeness (QED) is 0.410. The molecule has 2 bridgehead atoms. The van der Waals surface area contributed by atoms with Crippen molar-refractivity contribution < 1.29 is 19.0 Å². The molecule has 2 aromatic heterocycles. The molecule has 4 heterocycles. The molecule has 0 saturated carbocycles. The number of hydrogen-bond acceptors (Lipinski definition) is 8. The number of rotatable bonds is 6. The molecule has 0 spiro atoms. The van der Waals surface area contributed by atoms with Gasteiger partial charge in [0.2, 0.25) is 11.8 Å². The summed E-state index contributed by atoms with van der Waals surface area (Å²) in [6.07, 6.45) is 4.43. The van der Waals surface area contributed by atoms with E-state index in [-0.39, 0.29) is 5.78 Å². The van der Waals surface area contributed by atoms with Crippen molar-refractivity contribution in [3.8, 4) is 17.4 Å². The first-order chi connectivity index (χ1) is 17.7. The minimum absolute atomic E-state index is 0.0981. The number of morpholine rings is 1. The summed E-state index contributed by atoms with van der Waals surface area (Å²) in [5.74, 6) is 2.05. The topological polar surface area (TPSA) is 102 Å². The number of fused-ring (bicyclic) bond motifs is 4. The number of nitrogens with zero attached hydrogens (tertiary/aromatic N) is 3. The average Bonchev–Trinajstić information content (AvgIpc) is 3.69. The average molecular weight is 484 g/mol. The molecular formula is C27H25N5O4. The van der Waals surface area contributed by atoms with E-state index in [4.69, 9.17) is 14.2 Å². The third-order valence-corrected chi connectivity index (χ3v) is 7.26. The number of aromatic nitrogens is 3. The Kier molecular flexibility index (Phi) is 4.85. The highest BCUT2D eigenvalue weighted by Crippen LogP contribution is 2.39. The van der Waals surface area contributed by atoms with Crippen molar-refractivity contribution in [2.45, 2.75) is 31.4 Å². The molecule has 2 atom stereocenters. The van der Waals surface area contributed by atoms with E-state index >= 15 is 0 Å². The Morgan fingerprint density at radius 1 is 1.14 bits per heavy atom. The summed E-state index contributed by atoms with van der Waals surface area (Å²) in [4.78, 5) is 27.3. The second-order valence-electron chi connectivity index (χ2n) is 9.41. The van der Waals surface area contributed by atoms with E-state index in [2.05, 4.69) is 31.2 Å². The molecule has 2 aromatic carbocycles. The van der Waals surface area contributed by atoms with Crippen molar-refractivity contribution in [1.82, 2.24) is 15.0 Å². The number of aromatic amines is 1.